The van der Waals surface area contributed by atoms with Crippen LogP contribution in [0.3, 0.4) is 0 Å². The van der Waals surface area contributed by atoms with Crippen molar-refractivity contribution in [1.29, 1.82) is 0 Å². The maximum atomic E-state index is 2.30. The third kappa shape index (κ3) is 2.60. The Balaban J connectivity index is 1.70. The highest BCUT2D eigenvalue weighted by molar-refractivity contribution is 5.15. The SMILES string of the molecule is CCCC1CC1CCc1ccccc1. The van der Waals surface area contributed by atoms with Crippen LogP contribution >= 0.6 is 0 Å². The predicted molar refractivity (Wildman–Crippen MR) is 61.3 cm³/mol. The first-order valence-corrected chi connectivity index (χ1v) is 5.94. The third-order valence-corrected chi connectivity index (χ3v) is 3.38. The molecular weight excluding hydrogens is 168 g/mol. The Hall–Kier alpha value is -0.780. The summed E-state index contributed by atoms with van der Waals surface area (Å²) in [5.74, 6) is 2.12. The summed E-state index contributed by atoms with van der Waals surface area (Å²) in [4.78, 5) is 0. The zero-order valence-electron chi connectivity index (χ0n) is 9.08. The second-order valence-electron chi connectivity index (χ2n) is 4.57. The van der Waals surface area contributed by atoms with Crippen LogP contribution in [-0.4, -0.2) is 0 Å². The van der Waals surface area contributed by atoms with Gasteiger partial charge in [-0.05, 0) is 36.7 Å². The van der Waals surface area contributed by atoms with Crippen LogP contribution in [0.2, 0.25) is 0 Å². The largest absolute Gasteiger partial charge is 0.0654 e. The Morgan fingerprint density at radius 2 is 1.79 bits per heavy atom. The summed E-state index contributed by atoms with van der Waals surface area (Å²) < 4.78 is 0. The molecule has 0 saturated heterocycles. The van der Waals surface area contributed by atoms with Crippen LogP contribution in [0.1, 0.15) is 38.2 Å². The number of rotatable bonds is 5. The van der Waals surface area contributed by atoms with E-state index in [1.807, 2.05) is 0 Å². The smallest absolute Gasteiger partial charge is 0.0276 e. The van der Waals surface area contributed by atoms with E-state index in [1.54, 1.807) is 0 Å². The Bertz CT molecular complexity index is 263. The van der Waals surface area contributed by atoms with Crippen molar-refractivity contribution in [2.75, 3.05) is 0 Å². The molecule has 1 saturated carbocycles. The molecule has 1 aliphatic carbocycles. The van der Waals surface area contributed by atoms with Crippen LogP contribution in [0.5, 0.6) is 0 Å². The van der Waals surface area contributed by atoms with E-state index in [4.69, 9.17) is 0 Å². The Morgan fingerprint density at radius 3 is 2.50 bits per heavy atom. The van der Waals surface area contributed by atoms with E-state index in [1.165, 1.54) is 37.7 Å². The monoisotopic (exact) mass is 188 g/mol. The second-order valence-corrected chi connectivity index (χ2v) is 4.57. The summed E-state index contributed by atoms with van der Waals surface area (Å²) in [5, 5.41) is 0. The quantitative estimate of drug-likeness (QED) is 0.653. The second kappa shape index (κ2) is 4.63. The molecule has 1 aromatic carbocycles. The molecule has 0 aliphatic heterocycles. The first-order chi connectivity index (χ1) is 6.90. The maximum Gasteiger partial charge on any atom is -0.0276 e. The van der Waals surface area contributed by atoms with Gasteiger partial charge in [-0.15, -0.1) is 0 Å². The minimum Gasteiger partial charge on any atom is -0.0654 e. The highest BCUT2D eigenvalue weighted by Gasteiger charge is 2.34. The van der Waals surface area contributed by atoms with Crippen molar-refractivity contribution < 1.29 is 0 Å². The number of benzene rings is 1. The molecular formula is C14H20. The van der Waals surface area contributed by atoms with E-state index in [2.05, 4.69) is 37.3 Å². The van der Waals surface area contributed by atoms with Crippen LogP contribution in [0.15, 0.2) is 30.3 Å². The van der Waals surface area contributed by atoms with Crippen LogP contribution in [0, 0.1) is 11.8 Å². The Morgan fingerprint density at radius 1 is 1.07 bits per heavy atom. The lowest BCUT2D eigenvalue weighted by Crippen LogP contribution is -1.88. The van der Waals surface area contributed by atoms with Crippen LogP contribution in [0.25, 0.3) is 0 Å². The molecule has 0 heterocycles. The molecule has 2 rings (SSSR count). The van der Waals surface area contributed by atoms with Gasteiger partial charge in [-0.3, -0.25) is 0 Å². The lowest BCUT2D eigenvalue weighted by Gasteiger charge is -2.00. The molecule has 2 atom stereocenters. The zero-order chi connectivity index (χ0) is 9.80. The van der Waals surface area contributed by atoms with Gasteiger partial charge in [0.2, 0.25) is 0 Å². The van der Waals surface area contributed by atoms with Gasteiger partial charge in [0, 0.05) is 0 Å². The molecule has 0 N–H and O–H groups in total. The molecule has 0 heteroatoms. The normalized spacial score (nSPS) is 24.9. The molecule has 1 aromatic rings. The summed E-state index contributed by atoms with van der Waals surface area (Å²) in [5.41, 5.74) is 1.51. The van der Waals surface area contributed by atoms with Gasteiger partial charge in [0.05, 0.1) is 0 Å². The summed E-state index contributed by atoms with van der Waals surface area (Å²) in [7, 11) is 0. The lowest BCUT2D eigenvalue weighted by atomic mass is 10.1. The van der Waals surface area contributed by atoms with Crippen molar-refractivity contribution in [3.63, 3.8) is 0 Å². The predicted octanol–water partition coefficient (Wildman–Crippen LogP) is 4.06. The minimum atomic E-state index is 1.05. The van der Waals surface area contributed by atoms with Gasteiger partial charge in [0.1, 0.15) is 0 Å². The molecule has 76 valence electrons. The van der Waals surface area contributed by atoms with Crippen molar-refractivity contribution in [3.05, 3.63) is 35.9 Å². The minimum absolute atomic E-state index is 1.05. The highest BCUT2D eigenvalue weighted by atomic mass is 14.4. The molecule has 0 amide bonds. The summed E-state index contributed by atoms with van der Waals surface area (Å²) in [6.45, 7) is 2.30. The van der Waals surface area contributed by atoms with Gasteiger partial charge in [0.15, 0.2) is 0 Å². The van der Waals surface area contributed by atoms with E-state index in [9.17, 15) is 0 Å². The van der Waals surface area contributed by atoms with Gasteiger partial charge >= 0.3 is 0 Å². The third-order valence-electron chi connectivity index (χ3n) is 3.38. The first kappa shape index (κ1) is 9.76. The van der Waals surface area contributed by atoms with Crippen LogP contribution in [0.4, 0.5) is 0 Å². The molecule has 1 aliphatic rings. The average Bonchev–Trinajstić information content (AvgIpc) is 2.96. The fourth-order valence-electron chi connectivity index (χ4n) is 2.38. The fourth-order valence-corrected chi connectivity index (χ4v) is 2.38. The lowest BCUT2D eigenvalue weighted by molar-refractivity contribution is 0.600. The molecule has 1 fully saturated rings. The molecule has 0 bridgehead atoms. The molecule has 2 unspecified atom stereocenters. The van der Waals surface area contributed by atoms with E-state index in [-0.39, 0.29) is 0 Å². The number of hydrogen-bond acceptors (Lipinski definition) is 0. The van der Waals surface area contributed by atoms with Crippen molar-refractivity contribution >= 4 is 0 Å². The first-order valence-electron chi connectivity index (χ1n) is 5.94. The van der Waals surface area contributed by atoms with Crippen molar-refractivity contribution in [3.8, 4) is 0 Å². The van der Waals surface area contributed by atoms with Crippen LogP contribution < -0.4 is 0 Å². The van der Waals surface area contributed by atoms with Crippen molar-refractivity contribution in [1.82, 2.24) is 0 Å². The summed E-state index contributed by atoms with van der Waals surface area (Å²) >= 11 is 0. The van der Waals surface area contributed by atoms with Crippen LogP contribution in [-0.2, 0) is 6.42 Å². The Kier molecular flexibility index (Phi) is 3.23. The standard InChI is InChI=1S/C14H20/c1-2-6-13-11-14(13)10-9-12-7-4-3-5-8-12/h3-5,7-8,13-14H,2,6,9-11H2,1H3. The van der Waals surface area contributed by atoms with Gasteiger partial charge in [-0.1, -0.05) is 50.1 Å². The molecule has 14 heavy (non-hydrogen) atoms. The van der Waals surface area contributed by atoms with E-state index < -0.39 is 0 Å². The van der Waals surface area contributed by atoms with E-state index in [0.29, 0.717) is 0 Å². The maximum absolute atomic E-state index is 2.30. The van der Waals surface area contributed by atoms with Crippen molar-refractivity contribution in [2.24, 2.45) is 11.8 Å². The van der Waals surface area contributed by atoms with Gasteiger partial charge < -0.3 is 0 Å². The summed E-state index contributed by atoms with van der Waals surface area (Å²) in [6.07, 6.45) is 7.02. The number of hydrogen-bond donors (Lipinski definition) is 0. The topological polar surface area (TPSA) is 0 Å². The van der Waals surface area contributed by atoms with Gasteiger partial charge in [0.25, 0.3) is 0 Å². The molecule has 0 radical (unpaired) electrons. The van der Waals surface area contributed by atoms with Gasteiger partial charge in [-0.2, -0.15) is 0 Å². The van der Waals surface area contributed by atoms with Crippen molar-refractivity contribution in [2.45, 2.75) is 39.0 Å². The average molecular weight is 188 g/mol. The van der Waals surface area contributed by atoms with Gasteiger partial charge in [-0.25, -0.2) is 0 Å². The van der Waals surface area contributed by atoms with E-state index >= 15 is 0 Å². The number of aryl methyl sites for hydroxylation is 1. The molecule has 0 spiro atoms. The molecule has 0 nitrogen and oxygen atoms in total. The van der Waals surface area contributed by atoms with E-state index in [0.717, 1.165) is 11.8 Å². The zero-order valence-corrected chi connectivity index (χ0v) is 9.08. The molecule has 0 aromatic heterocycles. The fraction of sp³-hybridized carbons (Fsp3) is 0.571. The summed E-state index contributed by atoms with van der Waals surface area (Å²) in [6, 6.07) is 10.9. The Labute approximate surface area is 87.3 Å². The highest BCUT2D eigenvalue weighted by Crippen LogP contribution is 2.44.